The molecule has 0 saturated heterocycles. The smallest absolute Gasteiger partial charge is 0.246 e. The summed E-state index contributed by atoms with van der Waals surface area (Å²) in [6, 6.07) is 12.1. The van der Waals surface area contributed by atoms with Gasteiger partial charge in [0.1, 0.15) is 5.01 Å². The number of likely N-dealkylation sites (N-methyl/N-ethyl adjacent to an activating group) is 1. The zero-order valence-electron chi connectivity index (χ0n) is 12.4. The molecule has 0 aliphatic rings. The lowest BCUT2D eigenvalue weighted by Gasteiger charge is -2.22. The number of thiazole rings is 1. The van der Waals surface area contributed by atoms with Crippen molar-refractivity contribution in [3.8, 4) is 0 Å². The third kappa shape index (κ3) is 3.10. The number of hydrogen-bond donors (Lipinski definition) is 0. The van der Waals surface area contributed by atoms with Gasteiger partial charge in [-0.3, -0.25) is 4.79 Å². The van der Waals surface area contributed by atoms with Gasteiger partial charge in [0.15, 0.2) is 0 Å². The van der Waals surface area contributed by atoms with E-state index in [9.17, 15) is 4.79 Å². The Morgan fingerprint density at radius 1 is 1.27 bits per heavy atom. The minimum Gasteiger partial charge on any atom is -0.335 e. The van der Waals surface area contributed by atoms with Crippen LogP contribution in [0, 0.1) is 0 Å². The van der Waals surface area contributed by atoms with E-state index in [0.717, 1.165) is 15.2 Å². The molecule has 2 aromatic heterocycles. The van der Waals surface area contributed by atoms with Crippen LogP contribution >= 0.6 is 22.7 Å². The number of para-hydroxylation sites is 1. The van der Waals surface area contributed by atoms with Crippen LogP contribution in [0.1, 0.15) is 22.9 Å². The maximum atomic E-state index is 12.3. The summed E-state index contributed by atoms with van der Waals surface area (Å²) in [6.45, 7) is 2.04. The summed E-state index contributed by atoms with van der Waals surface area (Å²) in [7, 11) is 1.83. The lowest BCUT2D eigenvalue weighted by atomic mass is 10.2. The molecule has 112 valence electrons. The predicted octanol–water partition coefficient (Wildman–Crippen LogP) is 4.59. The van der Waals surface area contributed by atoms with Gasteiger partial charge in [-0.2, -0.15) is 0 Å². The van der Waals surface area contributed by atoms with Crippen molar-refractivity contribution in [3.63, 3.8) is 0 Å². The number of hydrogen-bond acceptors (Lipinski definition) is 4. The van der Waals surface area contributed by atoms with Gasteiger partial charge in [-0.05, 0) is 36.6 Å². The highest BCUT2D eigenvalue weighted by Crippen LogP contribution is 2.25. The molecule has 0 spiro atoms. The Labute approximate surface area is 137 Å². The number of thiophene rings is 1. The number of carbonyl (C=O) groups excluding carboxylic acids is 1. The first-order valence-electron chi connectivity index (χ1n) is 6.99. The molecule has 0 N–H and O–H groups in total. The first-order chi connectivity index (χ1) is 10.6. The molecule has 0 saturated carbocycles. The highest BCUT2D eigenvalue weighted by molar-refractivity contribution is 7.19. The average molecular weight is 328 g/mol. The molecule has 1 aromatic carbocycles. The van der Waals surface area contributed by atoms with Gasteiger partial charge in [0.2, 0.25) is 5.91 Å². The standard InChI is InChI=1S/C17H16N2OS2/c1-12(14-8-5-11-21-14)19(2)17(20)10-9-16-18-13-6-3-4-7-15(13)22-16/h3-12H,1-2H3. The molecular formula is C17H16N2OS2. The van der Waals surface area contributed by atoms with Crippen molar-refractivity contribution in [1.82, 2.24) is 9.88 Å². The molecule has 0 bridgehead atoms. The molecule has 1 amide bonds. The Hall–Kier alpha value is -1.98. The molecule has 1 atom stereocenters. The summed E-state index contributed by atoms with van der Waals surface area (Å²) < 4.78 is 1.13. The average Bonchev–Trinajstić information content (AvgIpc) is 3.19. The highest BCUT2D eigenvalue weighted by atomic mass is 32.1. The normalized spacial score (nSPS) is 12.8. The number of carbonyl (C=O) groups is 1. The molecule has 3 nitrogen and oxygen atoms in total. The van der Waals surface area contributed by atoms with E-state index in [1.54, 1.807) is 39.7 Å². The van der Waals surface area contributed by atoms with Crippen LogP contribution < -0.4 is 0 Å². The van der Waals surface area contributed by atoms with Crippen LogP contribution in [0.4, 0.5) is 0 Å². The highest BCUT2D eigenvalue weighted by Gasteiger charge is 2.16. The van der Waals surface area contributed by atoms with Crippen molar-refractivity contribution in [2.75, 3.05) is 7.05 Å². The van der Waals surface area contributed by atoms with Crippen molar-refractivity contribution >= 4 is 44.9 Å². The molecular weight excluding hydrogens is 312 g/mol. The minimum absolute atomic E-state index is 0.0137. The largest absolute Gasteiger partial charge is 0.335 e. The first kappa shape index (κ1) is 14.9. The molecule has 3 aromatic rings. The Kier molecular flexibility index (Phi) is 4.36. The van der Waals surface area contributed by atoms with Crippen LogP contribution in [0.5, 0.6) is 0 Å². The monoisotopic (exact) mass is 328 g/mol. The molecule has 1 unspecified atom stereocenters. The Morgan fingerprint density at radius 2 is 2.09 bits per heavy atom. The van der Waals surface area contributed by atoms with Gasteiger partial charge < -0.3 is 4.90 Å². The van der Waals surface area contributed by atoms with E-state index in [-0.39, 0.29) is 11.9 Å². The van der Waals surface area contributed by atoms with Crippen molar-refractivity contribution in [2.45, 2.75) is 13.0 Å². The lowest BCUT2D eigenvalue weighted by Crippen LogP contribution is -2.27. The van der Waals surface area contributed by atoms with Gasteiger partial charge in [0.25, 0.3) is 0 Å². The third-order valence-corrected chi connectivity index (χ3v) is 5.61. The van der Waals surface area contributed by atoms with Crippen LogP contribution in [0.25, 0.3) is 16.3 Å². The van der Waals surface area contributed by atoms with Crippen LogP contribution in [0.15, 0.2) is 47.9 Å². The number of fused-ring (bicyclic) bond motifs is 1. The van der Waals surface area contributed by atoms with E-state index in [4.69, 9.17) is 0 Å². The van der Waals surface area contributed by atoms with Crippen LogP contribution in [0.2, 0.25) is 0 Å². The molecule has 0 radical (unpaired) electrons. The minimum atomic E-state index is -0.0137. The fraction of sp³-hybridized carbons (Fsp3) is 0.176. The van der Waals surface area contributed by atoms with E-state index in [0.29, 0.717) is 0 Å². The molecule has 3 rings (SSSR count). The zero-order valence-corrected chi connectivity index (χ0v) is 14.0. The van der Waals surface area contributed by atoms with E-state index in [1.165, 1.54) is 4.88 Å². The van der Waals surface area contributed by atoms with Crippen molar-refractivity contribution in [1.29, 1.82) is 0 Å². The zero-order chi connectivity index (χ0) is 15.5. The topological polar surface area (TPSA) is 33.2 Å². The Bertz CT molecular complexity index is 772. The summed E-state index contributed by atoms with van der Waals surface area (Å²) in [4.78, 5) is 19.7. The second-order valence-corrected chi connectivity index (χ2v) is 7.04. The molecule has 0 aliphatic heterocycles. The quantitative estimate of drug-likeness (QED) is 0.656. The van der Waals surface area contributed by atoms with Gasteiger partial charge in [-0.1, -0.05) is 18.2 Å². The molecule has 22 heavy (non-hydrogen) atoms. The Balaban J connectivity index is 1.72. The molecule has 2 heterocycles. The van der Waals surface area contributed by atoms with Crippen LogP contribution in [-0.2, 0) is 4.79 Å². The van der Waals surface area contributed by atoms with E-state index in [1.807, 2.05) is 49.7 Å². The second kappa shape index (κ2) is 6.42. The first-order valence-corrected chi connectivity index (χ1v) is 8.68. The van der Waals surface area contributed by atoms with Crippen molar-refractivity contribution in [2.24, 2.45) is 0 Å². The number of rotatable bonds is 4. The van der Waals surface area contributed by atoms with Crippen molar-refractivity contribution in [3.05, 3.63) is 57.7 Å². The molecule has 0 fully saturated rings. The fourth-order valence-corrected chi connectivity index (χ4v) is 3.83. The second-order valence-electron chi connectivity index (χ2n) is 4.99. The van der Waals surface area contributed by atoms with Crippen LogP contribution in [0.3, 0.4) is 0 Å². The van der Waals surface area contributed by atoms with E-state index in [2.05, 4.69) is 11.1 Å². The predicted molar refractivity (Wildman–Crippen MR) is 94.2 cm³/mol. The summed E-state index contributed by atoms with van der Waals surface area (Å²) in [5, 5.41) is 2.88. The summed E-state index contributed by atoms with van der Waals surface area (Å²) >= 11 is 3.26. The number of aromatic nitrogens is 1. The molecule has 5 heteroatoms. The van der Waals surface area contributed by atoms with Gasteiger partial charge in [-0.25, -0.2) is 4.98 Å². The Morgan fingerprint density at radius 3 is 2.82 bits per heavy atom. The summed E-state index contributed by atoms with van der Waals surface area (Å²) in [6.07, 6.45) is 3.40. The summed E-state index contributed by atoms with van der Waals surface area (Å²) in [5.74, 6) is -0.0137. The number of benzene rings is 1. The summed E-state index contributed by atoms with van der Waals surface area (Å²) in [5.41, 5.74) is 0.972. The third-order valence-electron chi connectivity index (χ3n) is 3.56. The van der Waals surface area contributed by atoms with Gasteiger partial charge in [0, 0.05) is 18.0 Å². The van der Waals surface area contributed by atoms with Crippen molar-refractivity contribution < 1.29 is 4.79 Å². The number of amides is 1. The van der Waals surface area contributed by atoms with E-state index >= 15 is 0 Å². The maximum Gasteiger partial charge on any atom is 0.246 e. The van der Waals surface area contributed by atoms with E-state index < -0.39 is 0 Å². The van der Waals surface area contributed by atoms with Gasteiger partial charge >= 0.3 is 0 Å². The fourth-order valence-electron chi connectivity index (χ4n) is 2.13. The van der Waals surface area contributed by atoms with Crippen LogP contribution in [-0.4, -0.2) is 22.8 Å². The maximum absolute atomic E-state index is 12.3. The lowest BCUT2D eigenvalue weighted by molar-refractivity contribution is -0.126. The number of nitrogens with zero attached hydrogens (tertiary/aromatic N) is 2. The van der Waals surface area contributed by atoms with Gasteiger partial charge in [-0.15, -0.1) is 22.7 Å². The van der Waals surface area contributed by atoms with Gasteiger partial charge in [0.05, 0.1) is 16.3 Å². The molecule has 0 aliphatic carbocycles. The SMILES string of the molecule is CC(c1cccs1)N(C)C(=O)C=Cc1nc2ccccc2s1.